The minimum Gasteiger partial charge on any atom is -0.381 e. The van der Waals surface area contributed by atoms with Crippen molar-refractivity contribution in [1.82, 2.24) is 0 Å². The van der Waals surface area contributed by atoms with Crippen molar-refractivity contribution in [2.24, 2.45) is 0 Å². The third-order valence-corrected chi connectivity index (χ3v) is 4.91. The van der Waals surface area contributed by atoms with Crippen molar-refractivity contribution < 1.29 is 13.2 Å². The van der Waals surface area contributed by atoms with E-state index in [1.807, 2.05) is 20.8 Å². The Morgan fingerprint density at radius 2 is 1.83 bits per heavy atom. The number of sulfonamides is 1. The van der Waals surface area contributed by atoms with Crippen molar-refractivity contribution in [1.29, 1.82) is 0 Å². The molecule has 18 heavy (non-hydrogen) atoms. The minimum absolute atomic E-state index is 0.0327. The van der Waals surface area contributed by atoms with Gasteiger partial charge in [0, 0.05) is 16.8 Å². The van der Waals surface area contributed by atoms with E-state index in [-0.39, 0.29) is 12.4 Å². The van der Waals surface area contributed by atoms with Crippen molar-refractivity contribution in [3.05, 3.63) is 27.7 Å². The van der Waals surface area contributed by atoms with Crippen LogP contribution in [0.5, 0.6) is 0 Å². The van der Waals surface area contributed by atoms with Gasteiger partial charge in [0.25, 0.3) is 0 Å². The number of halogens is 1. The molecule has 0 aliphatic rings. The molecular formula is C12H18BrNO3S. The molecule has 102 valence electrons. The van der Waals surface area contributed by atoms with Crippen molar-refractivity contribution in [2.75, 3.05) is 23.7 Å². The molecule has 0 radical (unpaired) electrons. The lowest BCUT2D eigenvalue weighted by Gasteiger charge is -2.11. The van der Waals surface area contributed by atoms with Crippen molar-refractivity contribution >= 4 is 31.6 Å². The maximum Gasteiger partial charge on any atom is 0.234 e. The minimum atomic E-state index is -3.34. The van der Waals surface area contributed by atoms with Crippen molar-refractivity contribution in [2.45, 2.75) is 20.8 Å². The standard InChI is InChI=1S/C12H18BrNO3S/c1-4-17-5-6-18(15,16)14-11-7-9(2)12(13)10(3)8-11/h7-8,14H,4-6H2,1-3H3. The van der Waals surface area contributed by atoms with E-state index < -0.39 is 10.0 Å². The lowest BCUT2D eigenvalue weighted by atomic mass is 10.1. The lowest BCUT2D eigenvalue weighted by Crippen LogP contribution is -2.20. The molecule has 0 aliphatic carbocycles. The van der Waals surface area contributed by atoms with Crippen LogP contribution in [0.2, 0.25) is 0 Å². The van der Waals surface area contributed by atoms with E-state index >= 15 is 0 Å². The lowest BCUT2D eigenvalue weighted by molar-refractivity contribution is 0.163. The van der Waals surface area contributed by atoms with Gasteiger partial charge >= 0.3 is 0 Å². The number of hydrogen-bond acceptors (Lipinski definition) is 3. The summed E-state index contributed by atoms with van der Waals surface area (Å²) in [7, 11) is -3.34. The number of aryl methyl sites for hydroxylation is 2. The van der Waals surface area contributed by atoms with E-state index in [1.165, 1.54) is 0 Å². The maximum absolute atomic E-state index is 11.8. The normalized spacial score (nSPS) is 11.6. The molecule has 0 atom stereocenters. The summed E-state index contributed by atoms with van der Waals surface area (Å²) in [5.74, 6) is -0.0327. The van der Waals surface area contributed by atoms with Gasteiger partial charge < -0.3 is 4.74 Å². The fraction of sp³-hybridized carbons (Fsp3) is 0.500. The summed E-state index contributed by atoms with van der Waals surface area (Å²) in [5, 5.41) is 0. The number of nitrogens with one attached hydrogen (secondary N) is 1. The van der Waals surface area contributed by atoms with Crippen LogP contribution in [0, 0.1) is 13.8 Å². The highest BCUT2D eigenvalue weighted by Crippen LogP contribution is 2.25. The smallest absolute Gasteiger partial charge is 0.234 e. The highest BCUT2D eigenvalue weighted by molar-refractivity contribution is 9.10. The van der Waals surface area contributed by atoms with Gasteiger partial charge in [0.1, 0.15) is 0 Å². The second-order valence-electron chi connectivity index (χ2n) is 4.04. The average molecular weight is 336 g/mol. The van der Waals surface area contributed by atoms with E-state index in [0.29, 0.717) is 12.3 Å². The third-order valence-electron chi connectivity index (χ3n) is 2.41. The second kappa shape index (κ2) is 6.54. The quantitative estimate of drug-likeness (QED) is 0.813. The molecule has 6 heteroatoms. The molecule has 1 aromatic carbocycles. The first kappa shape index (κ1) is 15.5. The van der Waals surface area contributed by atoms with Crippen LogP contribution in [0.25, 0.3) is 0 Å². The molecule has 0 fully saturated rings. The monoisotopic (exact) mass is 335 g/mol. The first-order valence-electron chi connectivity index (χ1n) is 5.70. The summed E-state index contributed by atoms with van der Waals surface area (Å²) < 4.78 is 32.2. The molecule has 4 nitrogen and oxygen atoms in total. The molecule has 0 aromatic heterocycles. The summed E-state index contributed by atoms with van der Waals surface area (Å²) in [4.78, 5) is 0. The van der Waals surface area contributed by atoms with Gasteiger partial charge in [-0.25, -0.2) is 8.42 Å². The van der Waals surface area contributed by atoms with E-state index in [2.05, 4.69) is 20.7 Å². The van der Waals surface area contributed by atoms with Crippen molar-refractivity contribution in [3.63, 3.8) is 0 Å². The molecule has 1 N–H and O–H groups in total. The van der Waals surface area contributed by atoms with E-state index in [0.717, 1.165) is 15.6 Å². The Morgan fingerprint density at radius 1 is 1.28 bits per heavy atom. The zero-order valence-electron chi connectivity index (χ0n) is 10.8. The molecule has 0 saturated heterocycles. The van der Waals surface area contributed by atoms with Crippen LogP contribution >= 0.6 is 15.9 Å². The molecule has 0 saturated carbocycles. The predicted octanol–water partition coefficient (Wildman–Crippen LogP) is 2.84. The van der Waals surface area contributed by atoms with Gasteiger partial charge in [-0.2, -0.15) is 0 Å². The molecule has 0 bridgehead atoms. The van der Waals surface area contributed by atoms with E-state index in [4.69, 9.17) is 4.74 Å². The number of ether oxygens (including phenoxy) is 1. The van der Waals surface area contributed by atoms with Crippen LogP contribution in [-0.4, -0.2) is 27.4 Å². The number of anilines is 1. The zero-order chi connectivity index (χ0) is 13.8. The Bertz CT molecular complexity index is 491. The van der Waals surface area contributed by atoms with Gasteiger partial charge in [0.05, 0.1) is 12.4 Å². The van der Waals surface area contributed by atoms with Gasteiger partial charge in [-0.1, -0.05) is 15.9 Å². The van der Waals surface area contributed by atoms with Crippen LogP contribution in [0.3, 0.4) is 0 Å². The average Bonchev–Trinajstić information content (AvgIpc) is 2.25. The Kier molecular flexibility index (Phi) is 5.62. The highest BCUT2D eigenvalue weighted by atomic mass is 79.9. The topological polar surface area (TPSA) is 55.4 Å². The van der Waals surface area contributed by atoms with Gasteiger partial charge in [0.15, 0.2) is 0 Å². The van der Waals surface area contributed by atoms with E-state index in [9.17, 15) is 8.42 Å². The first-order valence-corrected chi connectivity index (χ1v) is 8.15. The van der Waals surface area contributed by atoms with Gasteiger partial charge in [-0.3, -0.25) is 4.72 Å². The van der Waals surface area contributed by atoms with Crippen LogP contribution in [-0.2, 0) is 14.8 Å². The molecule has 0 unspecified atom stereocenters. The van der Waals surface area contributed by atoms with Crippen LogP contribution in [0.1, 0.15) is 18.1 Å². The molecular weight excluding hydrogens is 318 g/mol. The highest BCUT2D eigenvalue weighted by Gasteiger charge is 2.11. The fourth-order valence-electron chi connectivity index (χ4n) is 1.55. The second-order valence-corrected chi connectivity index (χ2v) is 6.68. The summed E-state index contributed by atoms with van der Waals surface area (Å²) in [6.07, 6.45) is 0. The third kappa shape index (κ3) is 4.59. The SMILES string of the molecule is CCOCCS(=O)(=O)Nc1cc(C)c(Br)c(C)c1. The Labute approximate surface area is 117 Å². The zero-order valence-corrected chi connectivity index (χ0v) is 13.2. The number of rotatable bonds is 6. The number of hydrogen-bond donors (Lipinski definition) is 1. The largest absolute Gasteiger partial charge is 0.381 e. The summed E-state index contributed by atoms with van der Waals surface area (Å²) in [6.45, 7) is 6.41. The number of benzene rings is 1. The molecule has 1 rings (SSSR count). The molecule has 1 aromatic rings. The van der Waals surface area contributed by atoms with Crippen molar-refractivity contribution in [3.8, 4) is 0 Å². The molecule has 0 aliphatic heterocycles. The van der Waals surface area contributed by atoms with Gasteiger partial charge in [-0.05, 0) is 44.0 Å². The van der Waals surface area contributed by atoms with Crippen LogP contribution in [0.15, 0.2) is 16.6 Å². The van der Waals surface area contributed by atoms with Gasteiger partial charge in [-0.15, -0.1) is 0 Å². The summed E-state index contributed by atoms with van der Waals surface area (Å²) >= 11 is 3.45. The maximum atomic E-state index is 11.8. The molecule has 0 spiro atoms. The van der Waals surface area contributed by atoms with Crippen LogP contribution < -0.4 is 4.72 Å². The first-order chi connectivity index (χ1) is 8.35. The fourth-order valence-corrected chi connectivity index (χ4v) is 2.69. The molecule has 0 heterocycles. The Hall–Kier alpha value is -0.590. The predicted molar refractivity (Wildman–Crippen MR) is 77.5 cm³/mol. The van der Waals surface area contributed by atoms with E-state index in [1.54, 1.807) is 12.1 Å². The summed E-state index contributed by atoms with van der Waals surface area (Å²) in [6, 6.07) is 3.60. The van der Waals surface area contributed by atoms with Gasteiger partial charge in [0.2, 0.25) is 10.0 Å². The Balaban J connectivity index is 2.78. The molecule has 0 amide bonds. The Morgan fingerprint density at radius 3 is 2.33 bits per heavy atom. The summed E-state index contributed by atoms with van der Waals surface area (Å²) in [5.41, 5.74) is 2.58. The van der Waals surface area contributed by atoms with Crippen LogP contribution in [0.4, 0.5) is 5.69 Å².